The molecular formula is C9H13Cl2NO. The number of carbonyl (C=O) groups is 1. The lowest BCUT2D eigenvalue weighted by Gasteiger charge is -2.16. The van der Waals surface area contributed by atoms with Gasteiger partial charge in [0.15, 0.2) is 0 Å². The summed E-state index contributed by atoms with van der Waals surface area (Å²) in [4.78, 5) is 11.7. The Bertz CT molecular complexity index is 273. The van der Waals surface area contributed by atoms with Gasteiger partial charge >= 0.3 is 0 Å². The van der Waals surface area contributed by atoms with Gasteiger partial charge in [0.1, 0.15) is 4.33 Å². The van der Waals surface area contributed by atoms with Crippen LogP contribution in [0.2, 0.25) is 0 Å². The van der Waals surface area contributed by atoms with Crippen molar-refractivity contribution in [2.24, 2.45) is 5.41 Å². The first-order valence-electron chi connectivity index (χ1n) is 4.50. The van der Waals surface area contributed by atoms with Crippen molar-refractivity contribution >= 4 is 29.1 Å². The van der Waals surface area contributed by atoms with Crippen LogP contribution in [0.3, 0.4) is 0 Å². The molecule has 0 aromatic rings. The summed E-state index contributed by atoms with van der Waals surface area (Å²) < 4.78 is -0.845. The normalized spacial score (nSPS) is 38.2. The zero-order valence-corrected chi connectivity index (χ0v) is 9.30. The van der Waals surface area contributed by atoms with E-state index in [1.165, 1.54) is 0 Å². The molecule has 74 valence electrons. The Hall–Kier alpha value is 0.0500. The van der Waals surface area contributed by atoms with E-state index >= 15 is 0 Å². The largest absolute Gasteiger partial charge is 0.350 e. The number of halogens is 2. The predicted octanol–water partition coefficient (Wildman–Crippen LogP) is 2.24. The molecule has 1 atom stereocenters. The number of amides is 1. The molecule has 0 aromatic carbocycles. The van der Waals surface area contributed by atoms with Crippen molar-refractivity contribution in [3.8, 4) is 0 Å². The molecule has 2 aliphatic carbocycles. The van der Waals surface area contributed by atoms with Gasteiger partial charge in [0.25, 0.3) is 0 Å². The third kappa shape index (κ3) is 1.44. The van der Waals surface area contributed by atoms with E-state index in [-0.39, 0.29) is 11.4 Å². The minimum absolute atomic E-state index is 0.00231. The summed E-state index contributed by atoms with van der Waals surface area (Å²) in [5.41, 5.74) is -0.547. The molecule has 0 bridgehead atoms. The first kappa shape index (κ1) is 9.60. The number of carbonyl (C=O) groups excluding carboxylic acids is 1. The fraction of sp³-hybridized carbons (Fsp3) is 0.889. The summed E-state index contributed by atoms with van der Waals surface area (Å²) in [6.07, 6.45) is 2.68. The Morgan fingerprint density at radius 3 is 2.08 bits per heavy atom. The van der Waals surface area contributed by atoms with Gasteiger partial charge in [-0.05, 0) is 33.1 Å². The molecule has 0 aliphatic heterocycles. The summed E-state index contributed by atoms with van der Waals surface area (Å²) in [5, 5.41) is 2.98. The fourth-order valence-corrected chi connectivity index (χ4v) is 2.08. The van der Waals surface area contributed by atoms with E-state index in [0.717, 1.165) is 12.8 Å². The van der Waals surface area contributed by atoms with E-state index in [0.29, 0.717) is 6.42 Å². The van der Waals surface area contributed by atoms with Gasteiger partial charge in [-0.2, -0.15) is 0 Å². The van der Waals surface area contributed by atoms with Crippen LogP contribution in [0, 0.1) is 5.41 Å². The molecule has 2 nitrogen and oxygen atoms in total. The van der Waals surface area contributed by atoms with Crippen molar-refractivity contribution in [3.63, 3.8) is 0 Å². The van der Waals surface area contributed by atoms with E-state index in [1.54, 1.807) is 0 Å². The van der Waals surface area contributed by atoms with Gasteiger partial charge in [-0.15, -0.1) is 23.2 Å². The van der Waals surface area contributed by atoms with Crippen molar-refractivity contribution in [1.82, 2.24) is 5.32 Å². The molecule has 2 saturated carbocycles. The highest BCUT2D eigenvalue weighted by atomic mass is 35.5. The van der Waals surface area contributed by atoms with E-state index in [1.807, 2.05) is 13.8 Å². The first-order valence-corrected chi connectivity index (χ1v) is 5.25. The maximum atomic E-state index is 11.7. The minimum atomic E-state index is -0.845. The molecule has 2 fully saturated rings. The van der Waals surface area contributed by atoms with Crippen LogP contribution in [0.5, 0.6) is 0 Å². The predicted molar refractivity (Wildman–Crippen MR) is 52.9 cm³/mol. The zero-order valence-electron chi connectivity index (χ0n) is 7.79. The smallest absolute Gasteiger partial charge is 0.229 e. The van der Waals surface area contributed by atoms with Gasteiger partial charge in [-0.25, -0.2) is 0 Å². The lowest BCUT2D eigenvalue weighted by Crippen LogP contribution is -2.40. The lowest BCUT2D eigenvalue weighted by atomic mass is 10.1. The van der Waals surface area contributed by atoms with E-state index < -0.39 is 9.75 Å². The minimum Gasteiger partial charge on any atom is -0.350 e. The molecule has 0 saturated heterocycles. The summed E-state index contributed by atoms with van der Waals surface area (Å²) in [6.45, 7) is 3.86. The second-order valence-corrected chi connectivity index (χ2v) is 6.21. The quantitative estimate of drug-likeness (QED) is 0.713. The van der Waals surface area contributed by atoms with Crippen molar-refractivity contribution in [1.29, 1.82) is 0 Å². The molecule has 1 unspecified atom stereocenters. The SMILES string of the molecule is CC1(NC(=O)C2(C)CC2(Cl)Cl)CC1. The number of alkyl halides is 2. The van der Waals surface area contributed by atoms with Crippen molar-refractivity contribution < 1.29 is 4.79 Å². The molecule has 0 radical (unpaired) electrons. The van der Waals surface area contributed by atoms with Crippen molar-refractivity contribution in [2.45, 2.75) is 43.0 Å². The van der Waals surface area contributed by atoms with Gasteiger partial charge < -0.3 is 5.32 Å². The van der Waals surface area contributed by atoms with Crippen LogP contribution in [0.1, 0.15) is 33.1 Å². The molecular weight excluding hydrogens is 209 g/mol. The second kappa shape index (κ2) is 2.34. The summed E-state index contributed by atoms with van der Waals surface area (Å²) in [7, 11) is 0. The first-order chi connectivity index (χ1) is 5.79. The maximum Gasteiger partial charge on any atom is 0.229 e. The standard InChI is InChI=1S/C9H13Cl2NO/c1-7(3-4-7)12-6(13)8(2)5-9(8,10)11/h3-5H2,1-2H3,(H,12,13). The topological polar surface area (TPSA) is 29.1 Å². The summed E-state index contributed by atoms with van der Waals surface area (Å²) in [6, 6.07) is 0. The third-order valence-electron chi connectivity index (χ3n) is 3.17. The highest BCUT2D eigenvalue weighted by Gasteiger charge is 2.68. The van der Waals surface area contributed by atoms with Crippen LogP contribution in [0.25, 0.3) is 0 Å². The average Bonchev–Trinajstić information content (AvgIpc) is 2.76. The van der Waals surface area contributed by atoms with Crippen molar-refractivity contribution in [2.75, 3.05) is 0 Å². The van der Waals surface area contributed by atoms with Crippen LogP contribution in [0.4, 0.5) is 0 Å². The highest BCUT2D eigenvalue weighted by Crippen LogP contribution is 2.64. The van der Waals surface area contributed by atoms with Gasteiger partial charge in [0.2, 0.25) is 5.91 Å². The Morgan fingerprint density at radius 1 is 1.31 bits per heavy atom. The van der Waals surface area contributed by atoms with E-state index in [9.17, 15) is 4.79 Å². The van der Waals surface area contributed by atoms with Crippen LogP contribution in [0.15, 0.2) is 0 Å². The number of hydrogen-bond acceptors (Lipinski definition) is 1. The average molecular weight is 222 g/mol. The summed E-state index contributed by atoms with van der Waals surface area (Å²) >= 11 is 11.8. The van der Waals surface area contributed by atoms with E-state index in [4.69, 9.17) is 23.2 Å². The molecule has 13 heavy (non-hydrogen) atoms. The Balaban J connectivity index is 1.99. The number of rotatable bonds is 2. The van der Waals surface area contributed by atoms with Crippen LogP contribution in [-0.2, 0) is 4.79 Å². The third-order valence-corrected chi connectivity index (χ3v) is 4.28. The number of nitrogens with one attached hydrogen (secondary N) is 1. The highest BCUT2D eigenvalue weighted by molar-refractivity contribution is 6.53. The van der Waals surface area contributed by atoms with Gasteiger partial charge in [-0.1, -0.05) is 0 Å². The molecule has 1 amide bonds. The zero-order chi connectivity index (χ0) is 9.91. The number of hydrogen-bond donors (Lipinski definition) is 1. The molecule has 0 spiro atoms. The second-order valence-electron chi connectivity index (χ2n) is 4.73. The monoisotopic (exact) mass is 221 g/mol. The van der Waals surface area contributed by atoms with Crippen LogP contribution in [-0.4, -0.2) is 15.8 Å². The van der Waals surface area contributed by atoms with Crippen LogP contribution < -0.4 is 5.32 Å². The van der Waals surface area contributed by atoms with Gasteiger partial charge in [0, 0.05) is 5.54 Å². The molecule has 0 aromatic heterocycles. The molecule has 2 aliphatic rings. The van der Waals surface area contributed by atoms with E-state index in [2.05, 4.69) is 5.32 Å². The molecule has 0 heterocycles. The Kier molecular flexibility index (Phi) is 1.73. The van der Waals surface area contributed by atoms with Gasteiger partial charge in [-0.3, -0.25) is 4.79 Å². The Morgan fingerprint density at radius 2 is 1.77 bits per heavy atom. The van der Waals surface area contributed by atoms with Gasteiger partial charge in [0.05, 0.1) is 5.41 Å². The van der Waals surface area contributed by atoms with Crippen molar-refractivity contribution in [3.05, 3.63) is 0 Å². The molecule has 1 N–H and O–H groups in total. The molecule has 2 rings (SSSR count). The summed E-state index contributed by atoms with van der Waals surface area (Å²) in [5.74, 6) is -0.00231. The Labute approximate surface area is 88.0 Å². The lowest BCUT2D eigenvalue weighted by molar-refractivity contribution is -0.126. The fourth-order valence-electron chi connectivity index (χ4n) is 1.37. The maximum absolute atomic E-state index is 11.7. The molecule has 4 heteroatoms. The van der Waals surface area contributed by atoms with Crippen LogP contribution >= 0.6 is 23.2 Å².